The maximum atomic E-state index is 13.1. The molecule has 1 saturated carbocycles. The van der Waals surface area contributed by atoms with Gasteiger partial charge in [-0.3, -0.25) is 9.36 Å². The molecule has 1 spiro atoms. The number of para-hydroxylation sites is 1. The molecule has 2 N–H and O–H groups in total. The highest BCUT2D eigenvalue weighted by molar-refractivity contribution is 6.01. The van der Waals surface area contributed by atoms with Gasteiger partial charge in [-0.05, 0) is 25.8 Å². The molecule has 0 bridgehead atoms. The zero-order valence-corrected chi connectivity index (χ0v) is 13.4. The molecule has 5 nitrogen and oxygen atoms in total. The third-order valence-electron chi connectivity index (χ3n) is 5.29. The van der Waals surface area contributed by atoms with Crippen LogP contribution in [0, 0.1) is 12.8 Å². The van der Waals surface area contributed by atoms with Crippen molar-refractivity contribution in [3.63, 3.8) is 0 Å². The molecule has 1 aromatic heterocycles. The van der Waals surface area contributed by atoms with E-state index in [-0.39, 0.29) is 11.8 Å². The topological polar surface area (TPSA) is 66.5 Å². The highest BCUT2D eigenvalue weighted by atomic mass is 16.7. The van der Waals surface area contributed by atoms with E-state index in [4.69, 9.17) is 15.2 Å². The number of aromatic nitrogens is 1. The van der Waals surface area contributed by atoms with Crippen LogP contribution in [0.4, 0.5) is 5.69 Å². The van der Waals surface area contributed by atoms with Gasteiger partial charge in [-0.15, -0.1) is 0 Å². The minimum absolute atomic E-state index is 0.00216. The maximum absolute atomic E-state index is 13.1. The average molecular weight is 314 g/mol. The Morgan fingerprint density at radius 2 is 1.87 bits per heavy atom. The first-order chi connectivity index (χ1) is 11.1. The van der Waals surface area contributed by atoms with Gasteiger partial charge in [0.1, 0.15) is 0 Å². The fraction of sp³-hybridized carbons (Fsp3) is 0.500. The van der Waals surface area contributed by atoms with Gasteiger partial charge >= 0.3 is 0 Å². The summed E-state index contributed by atoms with van der Waals surface area (Å²) in [5, 5.41) is 0.952. The minimum Gasteiger partial charge on any atom is -0.397 e. The first kappa shape index (κ1) is 14.7. The Labute approximate surface area is 135 Å². The van der Waals surface area contributed by atoms with Gasteiger partial charge in [0, 0.05) is 29.8 Å². The van der Waals surface area contributed by atoms with Gasteiger partial charge in [0.2, 0.25) is 5.91 Å². The van der Waals surface area contributed by atoms with Crippen LogP contribution >= 0.6 is 0 Å². The van der Waals surface area contributed by atoms with Crippen LogP contribution in [-0.2, 0) is 9.47 Å². The Balaban J connectivity index is 1.62. The van der Waals surface area contributed by atoms with Crippen LogP contribution in [0.1, 0.15) is 36.2 Å². The zero-order chi connectivity index (χ0) is 16.0. The number of hydrogen-bond donors (Lipinski definition) is 1. The summed E-state index contributed by atoms with van der Waals surface area (Å²) in [7, 11) is 0. The van der Waals surface area contributed by atoms with Crippen molar-refractivity contribution in [2.45, 2.75) is 38.4 Å². The molecular weight excluding hydrogens is 292 g/mol. The summed E-state index contributed by atoms with van der Waals surface area (Å²) in [6.07, 6.45) is 3.17. The molecule has 1 aliphatic heterocycles. The van der Waals surface area contributed by atoms with E-state index in [1.807, 2.05) is 31.2 Å². The lowest BCUT2D eigenvalue weighted by Crippen LogP contribution is -2.38. The molecule has 122 valence electrons. The first-order valence-corrected chi connectivity index (χ1v) is 8.29. The number of carbonyl (C=O) groups excluding carboxylic acids is 1. The summed E-state index contributed by atoms with van der Waals surface area (Å²) < 4.78 is 13.3. The Morgan fingerprint density at radius 1 is 1.22 bits per heavy atom. The number of carbonyl (C=O) groups is 1. The number of anilines is 1. The van der Waals surface area contributed by atoms with Gasteiger partial charge in [0.15, 0.2) is 5.79 Å². The van der Waals surface area contributed by atoms with Crippen LogP contribution in [-0.4, -0.2) is 29.5 Å². The largest absolute Gasteiger partial charge is 0.397 e. The van der Waals surface area contributed by atoms with Crippen LogP contribution in [0.15, 0.2) is 24.3 Å². The molecule has 2 fully saturated rings. The predicted octanol–water partition coefficient (Wildman–Crippen LogP) is 3.11. The Bertz CT molecular complexity index is 749. The van der Waals surface area contributed by atoms with Crippen LogP contribution < -0.4 is 5.73 Å². The molecule has 5 heteroatoms. The number of nitrogen functional groups attached to an aromatic ring is 1. The number of fused-ring (bicyclic) bond motifs is 1. The van der Waals surface area contributed by atoms with Gasteiger partial charge in [-0.1, -0.05) is 18.2 Å². The van der Waals surface area contributed by atoms with Crippen molar-refractivity contribution < 1.29 is 14.3 Å². The molecular formula is C18H22N2O3. The summed E-state index contributed by atoms with van der Waals surface area (Å²) in [6.45, 7) is 3.24. The van der Waals surface area contributed by atoms with E-state index in [0.29, 0.717) is 18.9 Å². The lowest BCUT2D eigenvalue weighted by Gasteiger charge is -2.34. The molecule has 0 amide bonds. The van der Waals surface area contributed by atoms with Crippen LogP contribution in [0.3, 0.4) is 0 Å². The summed E-state index contributed by atoms with van der Waals surface area (Å²) in [5.41, 5.74) is 8.63. The van der Waals surface area contributed by atoms with E-state index in [1.54, 1.807) is 4.57 Å². The molecule has 1 aliphatic carbocycles. The SMILES string of the molecule is Cc1c(N)c2ccccc2n1C(=O)C1CCC2(CC1)OCCO2. The lowest BCUT2D eigenvalue weighted by molar-refractivity contribution is -0.180. The quantitative estimate of drug-likeness (QED) is 0.878. The third kappa shape index (κ3) is 2.26. The monoisotopic (exact) mass is 314 g/mol. The summed E-state index contributed by atoms with van der Waals surface area (Å²) in [5.74, 6) is -0.283. The third-order valence-corrected chi connectivity index (χ3v) is 5.29. The van der Waals surface area contributed by atoms with Crippen molar-refractivity contribution in [1.29, 1.82) is 0 Å². The molecule has 2 aliphatic rings. The minimum atomic E-state index is -0.427. The van der Waals surface area contributed by atoms with Crippen molar-refractivity contribution in [1.82, 2.24) is 4.57 Å². The molecule has 2 aromatic rings. The molecule has 2 heterocycles. The summed E-state index contributed by atoms with van der Waals surface area (Å²) >= 11 is 0. The standard InChI is InChI=1S/C18H22N2O3/c1-12-16(19)14-4-2-3-5-15(14)20(12)17(21)13-6-8-18(9-7-13)22-10-11-23-18/h2-5,13H,6-11,19H2,1H3. The first-order valence-electron chi connectivity index (χ1n) is 8.29. The van der Waals surface area contributed by atoms with Crippen molar-refractivity contribution >= 4 is 22.5 Å². The van der Waals surface area contributed by atoms with Crippen LogP contribution in [0.25, 0.3) is 10.9 Å². The van der Waals surface area contributed by atoms with E-state index < -0.39 is 5.79 Å². The smallest absolute Gasteiger partial charge is 0.234 e. The Kier molecular flexibility index (Phi) is 3.43. The molecule has 1 saturated heterocycles. The highest BCUT2D eigenvalue weighted by Gasteiger charge is 2.42. The lowest BCUT2D eigenvalue weighted by atomic mass is 9.84. The van der Waals surface area contributed by atoms with Crippen LogP contribution in [0.2, 0.25) is 0 Å². The normalized spacial score (nSPS) is 21.3. The number of nitrogens with two attached hydrogens (primary N) is 1. The number of rotatable bonds is 1. The average Bonchev–Trinajstić information content (AvgIpc) is 3.12. The van der Waals surface area contributed by atoms with Gasteiger partial charge < -0.3 is 15.2 Å². The number of benzene rings is 1. The molecule has 0 atom stereocenters. The second kappa shape index (κ2) is 5.35. The zero-order valence-electron chi connectivity index (χ0n) is 13.4. The predicted molar refractivity (Wildman–Crippen MR) is 88.3 cm³/mol. The summed E-state index contributed by atoms with van der Waals surface area (Å²) in [6, 6.07) is 7.83. The van der Waals surface area contributed by atoms with Crippen LogP contribution in [0.5, 0.6) is 0 Å². The van der Waals surface area contributed by atoms with Crippen molar-refractivity contribution in [3.8, 4) is 0 Å². The number of hydrogen-bond acceptors (Lipinski definition) is 4. The van der Waals surface area contributed by atoms with E-state index in [1.165, 1.54) is 0 Å². The van der Waals surface area contributed by atoms with Gasteiger partial charge in [0.05, 0.1) is 24.4 Å². The van der Waals surface area contributed by atoms with Gasteiger partial charge in [-0.2, -0.15) is 0 Å². The summed E-state index contributed by atoms with van der Waals surface area (Å²) in [4.78, 5) is 13.1. The molecule has 0 unspecified atom stereocenters. The van der Waals surface area contributed by atoms with Crippen molar-refractivity contribution in [3.05, 3.63) is 30.0 Å². The van der Waals surface area contributed by atoms with Crippen molar-refractivity contribution in [2.75, 3.05) is 18.9 Å². The Hall–Kier alpha value is -1.85. The highest BCUT2D eigenvalue weighted by Crippen LogP contribution is 2.39. The van der Waals surface area contributed by atoms with E-state index >= 15 is 0 Å². The van der Waals surface area contributed by atoms with E-state index in [0.717, 1.165) is 42.3 Å². The van der Waals surface area contributed by atoms with Crippen molar-refractivity contribution in [2.24, 2.45) is 5.92 Å². The number of ether oxygens (including phenoxy) is 2. The molecule has 1 aromatic carbocycles. The molecule has 23 heavy (non-hydrogen) atoms. The maximum Gasteiger partial charge on any atom is 0.234 e. The molecule has 0 radical (unpaired) electrons. The fourth-order valence-corrected chi connectivity index (χ4v) is 3.95. The number of nitrogens with zero attached hydrogens (tertiary/aromatic N) is 1. The second-order valence-corrected chi connectivity index (χ2v) is 6.57. The van der Waals surface area contributed by atoms with E-state index in [2.05, 4.69) is 0 Å². The fourth-order valence-electron chi connectivity index (χ4n) is 3.95. The van der Waals surface area contributed by atoms with Gasteiger partial charge in [-0.25, -0.2) is 0 Å². The second-order valence-electron chi connectivity index (χ2n) is 6.57. The van der Waals surface area contributed by atoms with Gasteiger partial charge in [0.25, 0.3) is 0 Å². The Morgan fingerprint density at radius 3 is 2.57 bits per heavy atom. The molecule has 4 rings (SSSR count). The van der Waals surface area contributed by atoms with E-state index in [9.17, 15) is 4.79 Å².